The first-order chi connectivity index (χ1) is 9.92. The number of rotatable bonds is 2. The molecule has 1 aromatic carbocycles. The molecular formula is C14H15Cl2NO4. The molecule has 114 valence electrons. The largest absolute Gasteiger partial charge is 0.481 e. The number of piperidine rings is 1. The second-order valence-corrected chi connectivity index (χ2v) is 5.81. The minimum atomic E-state index is -0.863. The zero-order valence-corrected chi connectivity index (χ0v) is 12.9. The highest BCUT2D eigenvalue weighted by molar-refractivity contribution is 6.34. The van der Waals surface area contributed by atoms with Crippen LogP contribution in [0, 0.1) is 5.92 Å². The Morgan fingerprint density at radius 1 is 1.29 bits per heavy atom. The zero-order valence-electron chi connectivity index (χ0n) is 11.4. The van der Waals surface area contributed by atoms with Crippen LogP contribution in [0.4, 0.5) is 4.79 Å². The van der Waals surface area contributed by atoms with Crippen molar-refractivity contribution in [2.75, 3.05) is 13.7 Å². The number of carboxylic acid groups (broad SMARTS) is 1. The monoisotopic (exact) mass is 331 g/mol. The van der Waals surface area contributed by atoms with Gasteiger partial charge < -0.3 is 14.7 Å². The quantitative estimate of drug-likeness (QED) is 0.899. The second kappa shape index (κ2) is 6.54. The first kappa shape index (κ1) is 15.9. The maximum atomic E-state index is 11.9. The van der Waals surface area contributed by atoms with Crippen molar-refractivity contribution in [3.05, 3.63) is 33.8 Å². The number of amides is 1. The third-order valence-corrected chi connectivity index (χ3v) is 4.07. The van der Waals surface area contributed by atoms with Crippen molar-refractivity contribution in [1.82, 2.24) is 4.90 Å². The molecule has 21 heavy (non-hydrogen) atoms. The van der Waals surface area contributed by atoms with Crippen LogP contribution in [0.3, 0.4) is 0 Å². The molecule has 1 saturated heterocycles. The molecule has 1 fully saturated rings. The van der Waals surface area contributed by atoms with E-state index in [4.69, 9.17) is 27.9 Å². The van der Waals surface area contributed by atoms with Gasteiger partial charge in [0.1, 0.15) is 0 Å². The van der Waals surface area contributed by atoms with Gasteiger partial charge in [-0.1, -0.05) is 23.2 Å². The van der Waals surface area contributed by atoms with Crippen LogP contribution in [0.1, 0.15) is 24.4 Å². The summed E-state index contributed by atoms with van der Waals surface area (Å²) in [4.78, 5) is 24.6. The first-order valence-corrected chi connectivity index (χ1v) is 7.21. The molecule has 1 heterocycles. The molecule has 1 aliphatic heterocycles. The fourth-order valence-corrected chi connectivity index (χ4v) is 3.15. The number of halogens is 2. The number of carboxylic acids is 1. The third kappa shape index (κ3) is 3.60. The molecule has 0 aromatic heterocycles. The lowest BCUT2D eigenvalue weighted by atomic mass is 9.87. The van der Waals surface area contributed by atoms with E-state index in [9.17, 15) is 14.7 Å². The molecule has 7 heteroatoms. The molecule has 0 spiro atoms. The molecule has 2 rings (SSSR count). The predicted molar refractivity (Wildman–Crippen MR) is 78.7 cm³/mol. The van der Waals surface area contributed by atoms with Crippen LogP contribution in [0.25, 0.3) is 0 Å². The lowest BCUT2D eigenvalue weighted by molar-refractivity contribution is -0.144. The molecule has 1 aromatic rings. The predicted octanol–water partition coefficient (Wildman–Crippen LogP) is 3.60. The number of carbonyl (C=O) groups excluding carboxylic acids is 1. The van der Waals surface area contributed by atoms with E-state index >= 15 is 0 Å². The smallest absolute Gasteiger partial charge is 0.409 e. The summed E-state index contributed by atoms with van der Waals surface area (Å²) in [6.45, 7) is 0.318. The number of hydrogen-bond donors (Lipinski definition) is 1. The summed E-state index contributed by atoms with van der Waals surface area (Å²) in [5.74, 6) is -1.37. The third-order valence-electron chi connectivity index (χ3n) is 3.63. The van der Waals surface area contributed by atoms with E-state index in [0.29, 0.717) is 35.0 Å². The van der Waals surface area contributed by atoms with Crippen molar-refractivity contribution >= 4 is 35.3 Å². The first-order valence-electron chi connectivity index (χ1n) is 6.45. The molecule has 1 N–H and O–H groups in total. The normalized spacial score (nSPS) is 22.0. The van der Waals surface area contributed by atoms with Gasteiger partial charge in [0.2, 0.25) is 0 Å². The molecule has 2 atom stereocenters. The number of carbonyl (C=O) groups is 2. The Morgan fingerprint density at radius 2 is 1.90 bits per heavy atom. The molecular weight excluding hydrogens is 317 g/mol. The van der Waals surface area contributed by atoms with E-state index in [0.717, 1.165) is 0 Å². The average molecular weight is 332 g/mol. The Kier molecular flexibility index (Phi) is 4.96. The van der Waals surface area contributed by atoms with Crippen molar-refractivity contribution < 1.29 is 19.4 Å². The summed E-state index contributed by atoms with van der Waals surface area (Å²) in [6, 6.07) is 4.56. The van der Waals surface area contributed by atoms with Gasteiger partial charge in [0.15, 0.2) is 0 Å². The highest BCUT2D eigenvalue weighted by atomic mass is 35.5. The molecule has 5 nitrogen and oxygen atoms in total. The number of likely N-dealkylation sites (tertiary alicyclic amines) is 1. The van der Waals surface area contributed by atoms with Crippen molar-refractivity contribution in [2.24, 2.45) is 5.92 Å². The van der Waals surface area contributed by atoms with Crippen LogP contribution in [0.2, 0.25) is 10.0 Å². The number of hydrogen-bond acceptors (Lipinski definition) is 3. The van der Waals surface area contributed by atoms with E-state index < -0.39 is 24.0 Å². The Morgan fingerprint density at radius 3 is 2.43 bits per heavy atom. The summed E-state index contributed by atoms with van der Waals surface area (Å²) >= 11 is 12.0. The van der Waals surface area contributed by atoms with Gasteiger partial charge in [-0.15, -0.1) is 0 Å². The van der Waals surface area contributed by atoms with E-state index in [1.165, 1.54) is 12.0 Å². The Hall–Kier alpha value is -1.46. The minimum Gasteiger partial charge on any atom is -0.481 e. The maximum Gasteiger partial charge on any atom is 0.409 e. The van der Waals surface area contributed by atoms with Gasteiger partial charge in [0.05, 0.1) is 19.1 Å². The van der Waals surface area contributed by atoms with Crippen LogP contribution < -0.4 is 0 Å². The number of benzene rings is 1. The molecule has 0 radical (unpaired) electrons. The van der Waals surface area contributed by atoms with Crippen molar-refractivity contribution in [3.63, 3.8) is 0 Å². The molecule has 0 bridgehead atoms. The van der Waals surface area contributed by atoms with Gasteiger partial charge in [0, 0.05) is 16.6 Å². The molecule has 0 aliphatic carbocycles. The van der Waals surface area contributed by atoms with Crippen molar-refractivity contribution in [1.29, 1.82) is 0 Å². The van der Waals surface area contributed by atoms with Gasteiger partial charge >= 0.3 is 12.1 Å². The van der Waals surface area contributed by atoms with Crippen molar-refractivity contribution in [3.8, 4) is 0 Å². The van der Waals surface area contributed by atoms with E-state index in [1.54, 1.807) is 18.2 Å². The van der Waals surface area contributed by atoms with E-state index in [2.05, 4.69) is 0 Å². The van der Waals surface area contributed by atoms with Gasteiger partial charge in [-0.25, -0.2) is 4.79 Å². The highest BCUT2D eigenvalue weighted by Gasteiger charge is 2.36. The van der Waals surface area contributed by atoms with E-state index in [1.807, 2.05) is 0 Å². The van der Waals surface area contributed by atoms with Crippen LogP contribution in [0.15, 0.2) is 18.2 Å². The number of aliphatic carboxylic acids is 1. The van der Waals surface area contributed by atoms with Gasteiger partial charge in [-0.3, -0.25) is 4.79 Å². The number of ether oxygens (including phenoxy) is 1. The maximum absolute atomic E-state index is 11.9. The van der Waals surface area contributed by atoms with E-state index in [-0.39, 0.29) is 0 Å². The van der Waals surface area contributed by atoms with Crippen LogP contribution >= 0.6 is 23.2 Å². The Balaban J connectivity index is 2.36. The van der Waals surface area contributed by atoms with Gasteiger partial charge in [0.25, 0.3) is 0 Å². The zero-order chi connectivity index (χ0) is 15.6. The van der Waals surface area contributed by atoms with Gasteiger partial charge in [-0.2, -0.15) is 0 Å². The molecule has 0 saturated carbocycles. The Bertz CT molecular complexity index is 544. The SMILES string of the molecule is COC(=O)N1CCC(C(=O)O)CC1c1cc(Cl)cc(Cl)c1. The van der Waals surface area contributed by atoms with Gasteiger partial charge in [-0.05, 0) is 36.6 Å². The van der Waals surface area contributed by atoms with Crippen LogP contribution in [-0.4, -0.2) is 35.7 Å². The lowest BCUT2D eigenvalue weighted by Gasteiger charge is -2.37. The summed E-state index contributed by atoms with van der Waals surface area (Å²) < 4.78 is 4.77. The lowest BCUT2D eigenvalue weighted by Crippen LogP contribution is -2.42. The fourth-order valence-electron chi connectivity index (χ4n) is 2.61. The summed E-state index contributed by atoms with van der Waals surface area (Å²) in [5.41, 5.74) is 0.712. The van der Waals surface area contributed by atoms with Crippen LogP contribution in [0.5, 0.6) is 0 Å². The summed E-state index contributed by atoms with van der Waals surface area (Å²) in [6.07, 6.45) is 0.219. The fraction of sp³-hybridized carbons (Fsp3) is 0.429. The molecule has 2 unspecified atom stereocenters. The highest BCUT2D eigenvalue weighted by Crippen LogP contribution is 2.36. The molecule has 1 aliphatic rings. The minimum absolute atomic E-state index is 0.307. The topological polar surface area (TPSA) is 66.8 Å². The van der Waals surface area contributed by atoms with Crippen molar-refractivity contribution in [2.45, 2.75) is 18.9 Å². The Labute approximate surface area is 132 Å². The van der Waals surface area contributed by atoms with Crippen LogP contribution in [-0.2, 0) is 9.53 Å². The number of methoxy groups -OCH3 is 1. The second-order valence-electron chi connectivity index (χ2n) is 4.94. The molecule has 1 amide bonds. The average Bonchev–Trinajstić information content (AvgIpc) is 2.44. The number of nitrogens with zero attached hydrogens (tertiary/aromatic N) is 1. The summed E-state index contributed by atoms with van der Waals surface area (Å²) in [5, 5.41) is 10.1. The summed E-state index contributed by atoms with van der Waals surface area (Å²) in [7, 11) is 1.30. The standard InChI is InChI=1S/C14H15Cl2NO4/c1-21-14(20)17-3-2-8(13(18)19)6-12(17)9-4-10(15)7-11(16)5-9/h4-5,7-8,12H,2-3,6H2,1H3,(H,18,19).